The first-order chi connectivity index (χ1) is 10.0. The zero-order valence-corrected chi connectivity index (χ0v) is 11.5. The lowest BCUT2D eigenvalue weighted by molar-refractivity contribution is -0.386. The van der Waals surface area contributed by atoms with Gasteiger partial charge in [0.15, 0.2) is 11.5 Å². The topological polar surface area (TPSA) is 113 Å². The highest BCUT2D eigenvalue weighted by molar-refractivity contribution is 6.05. The predicted molar refractivity (Wildman–Crippen MR) is 72.3 cm³/mol. The van der Waals surface area contributed by atoms with Crippen molar-refractivity contribution in [3.05, 3.63) is 27.3 Å². The van der Waals surface area contributed by atoms with Gasteiger partial charge in [-0.3, -0.25) is 14.9 Å². The molecule has 0 heterocycles. The van der Waals surface area contributed by atoms with Crippen LogP contribution in [0.4, 0.5) is 5.69 Å². The van der Waals surface area contributed by atoms with Gasteiger partial charge >= 0.3 is 5.69 Å². The van der Waals surface area contributed by atoms with E-state index in [0.29, 0.717) is 12.8 Å². The molecule has 0 amide bonds. The lowest BCUT2D eigenvalue weighted by Crippen LogP contribution is -2.15. The van der Waals surface area contributed by atoms with Gasteiger partial charge in [-0.15, -0.1) is 0 Å². The number of hydrogen-bond acceptors (Lipinski definition) is 6. The molecule has 1 fully saturated rings. The van der Waals surface area contributed by atoms with Crippen molar-refractivity contribution in [3.63, 3.8) is 0 Å². The van der Waals surface area contributed by atoms with Gasteiger partial charge in [-0.25, -0.2) is 0 Å². The van der Waals surface area contributed by atoms with Crippen molar-refractivity contribution in [2.75, 3.05) is 7.11 Å². The third-order valence-electron chi connectivity index (χ3n) is 3.73. The molecule has 0 spiro atoms. The number of phenolic OH excluding ortho intramolecular Hbond substituents is 1. The van der Waals surface area contributed by atoms with Crippen LogP contribution < -0.4 is 4.74 Å². The molecule has 1 saturated carbocycles. The van der Waals surface area contributed by atoms with Crippen LogP contribution in [0.1, 0.15) is 41.6 Å². The van der Waals surface area contributed by atoms with Crippen LogP contribution >= 0.6 is 0 Å². The number of nitriles is 1. The molecule has 110 valence electrons. The van der Waals surface area contributed by atoms with E-state index in [1.807, 2.05) is 0 Å². The van der Waals surface area contributed by atoms with Crippen LogP contribution in [0.5, 0.6) is 11.5 Å². The Morgan fingerprint density at radius 3 is 2.62 bits per heavy atom. The summed E-state index contributed by atoms with van der Waals surface area (Å²) in [5.41, 5.74) is -1.20. The SMILES string of the molecule is COc1cc(C#N)c(C(=O)C2CCCC2)c([N+](=O)[O-])c1O. The molecule has 1 aliphatic carbocycles. The molecule has 0 saturated heterocycles. The maximum absolute atomic E-state index is 12.5. The zero-order valence-electron chi connectivity index (χ0n) is 11.5. The first-order valence-corrected chi connectivity index (χ1v) is 6.53. The standard InChI is InChI=1S/C14H14N2O5/c1-21-10-6-9(7-15)11(12(14(10)18)16(19)20)13(17)8-4-2-3-5-8/h6,8,18H,2-5H2,1H3. The van der Waals surface area contributed by atoms with Crippen molar-refractivity contribution in [1.29, 1.82) is 5.26 Å². The summed E-state index contributed by atoms with van der Waals surface area (Å²) in [7, 11) is 1.22. The smallest absolute Gasteiger partial charge is 0.326 e. The molecular weight excluding hydrogens is 276 g/mol. The Labute approximate surface area is 120 Å². The van der Waals surface area contributed by atoms with E-state index in [9.17, 15) is 20.0 Å². The van der Waals surface area contributed by atoms with Crippen molar-refractivity contribution in [3.8, 4) is 17.6 Å². The van der Waals surface area contributed by atoms with Gasteiger partial charge < -0.3 is 9.84 Å². The molecule has 0 aliphatic heterocycles. The number of rotatable bonds is 4. The largest absolute Gasteiger partial charge is 0.499 e. The van der Waals surface area contributed by atoms with Crippen LogP contribution in [0.3, 0.4) is 0 Å². The number of carbonyl (C=O) groups excluding carboxylic acids is 1. The molecule has 7 heteroatoms. The van der Waals surface area contributed by atoms with Gasteiger partial charge in [-0.05, 0) is 12.8 Å². The average molecular weight is 290 g/mol. The van der Waals surface area contributed by atoms with Crippen LogP contribution in [0.25, 0.3) is 0 Å². The molecule has 1 N–H and O–H groups in total. The summed E-state index contributed by atoms with van der Waals surface area (Å²) < 4.78 is 4.82. The quantitative estimate of drug-likeness (QED) is 0.518. The molecule has 1 aliphatic rings. The second-order valence-electron chi connectivity index (χ2n) is 4.91. The van der Waals surface area contributed by atoms with Crippen LogP contribution in [0.2, 0.25) is 0 Å². The highest BCUT2D eigenvalue weighted by atomic mass is 16.6. The number of hydrogen-bond donors (Lipinski definition) is 1. The first kappa shape index (κ1) is 14.8. The lowest BCUT2D eigenvalue weighted by Gasteiger charge is -2.12. The molecule has 0 atom stereocenters. The van der Waals surface area contributed by atoms with E-state index in [-0.39, 0.29) is 22.8 Å². The monoisotopic (exact) mass is 290 g/mol. The molecule has 0 bridgehead atoms. The number of ether oxygens (including phenoxy) is 1. The number of ketones is 1. The summed E-state index contributed by atoms with van der Waals surface area (Å²) in [5, 5.41) is 30.3. The Hall–Kier alpha value is -2.62. The zero-order chi connectivity index (χ0) is 15.6. The number of aromatic hydroxyl groups is 1. The fourth-order valence-corrected chi connectivity index (χ4v) is 2.70. The molecule has 0 unspecified atom stereocenters. The minimum atomic E-state index is -0.846. The van der Waals surface area contributed by atoms with E-state index in [2.05, 4.69) is 0 Å². The molecule has 0 aromatic heterocycles. The van der Waals surface area contributed by atoms with Gasteiger partial charge in [0, 0.05) is 12.0 Å². The normalized spacial score (nSPS) is 14.7. The molecule has 1 aromatic carbocycles. The van der Waals surface area contributed by atoms with Gasteiger partial charge in [0.2, 0.25) is 5.75 Å². The Kier molecular flexibility index (Phi) is 4.08. The molecular formula is C14H14N2O5. The number of Topliss-reactive ketones (excluding diaryl/α,β-unsaturated/α-hetero) is 1. The van der Waals surface area contributed by atoms with Crippen molar-refractivity contribution < 1.29 is 19.6 Å². The van der Waals surface area contributed by atoms with Crippen LogP contribution in [-0.4, -0.2) is 22.9 Å². The van der Waals surface area contributed by atoms with Crippen LogP contribution in [0, 0.1) is 27.4 Å². The summed E-state index contributed by atoms with van der Waals surface area (Å²) in [6.45, 7) is 0. The third kappa shape index (κ3) is 2.52. The molecule has 0 radical (unpaired) electrons. The number of methoxy groups -OCH3 is 1. The van der Waals surface area contributed by atoms with E-state index in [4.69, 9.17) is 10.00 Å². The average Bonchev–Trinajstić information content (AvgIpc) is 2.99. The number of nitrogens with zero attached hydrogens (tertiary/aromatic N) is 2. The summed E-state index contributed by atoms with van der Waals surface area (Å²) in [5.74, 6) is -1.69. The molecule has 21 heavy (non-hydrogen) atoms. The number of carbonyl (C=O) groups is 1. The van der Waals surface area contributed by atoms with E-state index in [1.165, 1.54) is 7.11 Å². The minimum absolute atomic E-state index is 0.145. The second kappa shape index (κ2) is 5.79. The second-order valence-corrected chi connectivity index (χ2v) is 4.91. The highest BCUT2D eigenvalue weighted by Crippen LogP contribution is 2.42. The lowest BCUT2D eigenvalue weighted by atomic mass is 9.91. The number of nitro benzene ring substituents is 1. The maximum Gasteiger partial charge on any atom is 0.326 e. The molecule has 2 rings (SSSR count). The van der Waals surface area contributed by atoms with Crippen molar-refractivity contribution >= 4 is 11.5 Å². The number of nitro groups is 1. The summed E-state index contributed by atoms with van der Waals surface area (Å²) in [4.78, 5) is 22.9. The number of phenols is 1. The van der Waals surface area contributed by atoms with Gasteiger partial charge in [0.25, 0.3) is 0 Å². The van der Waals surface area contributed by atoms with Gasteiger partial charge in [-0.2, -0.15) is 5.26 Å². The molecule has 7 nitrogen and oxygen atoms in total. The first-order valence-electron chi connectivity index (χ1n) is 6.53. The Morgan fingerprint density at radius 2 is 2.14 bits per heavy atom. The van der Waals surface area contributed by atoms with Gasteiger partial charge in [0.1, 0.15) is 11.6 Å². The van der Waals surface area contributed by atoms with Crippen molar-refractivity contribution in [1.82, 2.24) is 0 Å². The van der Waals surface area contributed by atoms with E-state index >= 15 is 0 Å². The molecule has 1 aromatic rings. The third-order valence-corrected chi connectivity index (χ3v) is 3.73. The van der Waals surface area contributed by atoms with Gasteiger partial charge in [-0.1, -0.05) is 12.8 Å². The fraction of sp³-hybridized carbons (Fsp3) is 0.429. The van der Waals surface area contributed by atoms with E-state index in [1.54, 1.807) is 6.07 Å². The highest BCUT2D eigenvalue weighted by Gasteiger charge is 2.35. The van der Waals surface area contributed by atoms with E-state index in [0.717, 1.165) is 18.9 Å². The minimum Gasteiger partial charge on any atom is -0.499 e. The Morgan fingerprint density at radius 1 is 1.52 bits per heavy atom. The van der Waals surface area contributed by atoms with E-state index < -0.39 is 22.1 Å². The fourth-order valence-electron chi connectivity index (χ4n) is 2.70. The van der Waals surface area contributed by atoms with Crippen LogP contribution in [0.15, 0.2) is 6.07 Å². The van der Waals surface area contributed by atoms with Crippen LogP contribution in [-0.2, 0) is 0 Å². The maximum atomic E-state index is 12.5. The predicted octanol–water partition coefficient (Wildman–Crippen LogP) is 2.55. The Bertz CT molecular complexity index is 642. The summed E-state index contributed by atoms with van der Waals surface area (Å²) >= 11 is 0. The summed E-state index contributed by atoms with van der Waals surface area (Å²) in [6.07, 6.45) is 3.06. The van der Waals surface area contributed by atoms with Gasteiger partial charge in [0.05, 0.1) is 17.6 Å². The van der Waals surface area contributed by atoms with Crippen molar-refractivity contribution in [2.24, 2.45) is 5.92 Å². The number of benzene rings is 1. The summed E-state index contributed by atoms with van der Waals surface area (Å²) in [6, 6.07) is 2.94. The Balaban J connectivity index is 2.67. The van der Waals surface area contributed by atoms with Crippen molar-refractivity contribution in [2.45, 2.75) is 25.7 Å².